The van der Waals surface area contributed by atoms with Crippen molar-refractivity contribution in [2.75, 3.05) is 31.8 Å². The number of hydrogen-bond acceptors (Lipinski definition) is 5. The van der Waals surface area contributed by atoms with Crippen molar-refractivity contribution in [1.82, 2.24) is 10.6 Å². The third kappa shape index (κ3) is 11.2. The molecule has 3 amide bonds. The Morgan fingerprint density at radius 2 is 1.94 bits per heavy atom. The first-order valence-corrected chi connectivity index (χ1v) is 6.81. The Bertz CT molecular complexity index is 285. The maximum atomic E-state index is 11.2. The Labute approximate surface area is 110 Å². The van der Waals surface area contributed by atoms with Gasteiger partial charge in [0.2, 0.25) is 0 Å². The summed E-state index contributed by atoms with van der Waals surface area (Å²) in [4.78, 5) is 32.3. The number of carboxylic acids is 1. The fourth-order valence-corrected chi connectivity index (χ4v) is 1.50. The minimum Gasteiger partial charge on any atom is -0.480 e. The second-order valence-corrected chi connectivity index (χ2v) is 4.38. The molecule has 0 atom stereocenters. The number of aliphatic carboxylic acids is 1. The van der Waals surface area contributed by atoms with E-state index in [2.05, 4.69) is 10.1 Å². The van der Waals surface area contributed by atoms with E-state index in [1.54, 1.807) is 11.8 Å². The van der Waals surface area contributed by atoms with Crippen molar-refractivity contribution in [1.29, 1.82) is 0 Å². The van der Waals surface area contributed by atoms with Gasteiger partial charge in [-0.3, -0.25) is 10.1 Å². The molecule has 0 aliphatic carbocycles. The summed E-state index contributed by atoms with van der Waals surface area (Å²) in [7, 11) is 0. The van der Waals surface area contributed by atoms with E-state index < -0.39 is 31.1 Å². The topological polar surface area (TPSA) is 105 Å². The first-order valence-electron chi connectivity index (χ1n) is 5.42. The van der Waals surface area contributed by atoms with Gasteiger partial charge in [0, 0.05) is 6.54 Å². The second kappa shape index (κ2) is 10.8. The molecule has 0 aliphatic rings. The third-order valence-corrected chi connectivity index (χ3v) is 2.47. The highest BCUT2D eigenvalue weighted by atomic mass is 32.2. The van der Waals surface area contributed by atoms with Crippen LogP contribution in [0, 0.1) is 0 Å². The normalized spacial score (nSPS) is 9.83. The number of carbonyl (C=O) groups is 3. The molecule has 0 aliphatic heterocycles. The first kappa shape index (κ1) is 16.7. The Hall–Kier alpha value is -1.28. The minimum absolute atomic E-state index is 0.452. The number of amides is 3. The summed E-state index contributed by atoms with van der Waals surface area (Å²) in [5.41, 5.74) is 0. The lowest BCUT2D eigenvalue weighted by Crippen LogP contribution is -2.41. The molecule has 0 saturated carbocycles. The number of carbonyl (C=O) groups excluding carboxylic acids is 2. The number of imide groups is 1. The average Bonchev–Trinajstić information content (AvgIpc) is 2.28. The Balaban J connectivity index is 3.49. The lowest BCUT2D eigenvalue weighted by atomic mass is 10.3. The lowest BCUT2D eigenvalue weighted by molar-refractivity contribution is -0.143. The molecule has 18 heavy (non-hydrogen) atoms. The fourth-order valence-electron chi connectivity index (χ4n) is 1.01. The molecule has 8 heteroatoms. The van der Waals surface area contributed by atoms with Crippen LogP contribution in [0.1, 0.15) is 12.8 Å². The van der Waals surface area contributed by atoms with Crippen LogP contribution in [-0.2, 0) is 14.3 Å². The van der Waals surface area contributed by atoms with Gasteiger partial charge < -0.3 is 15.2 Å². The van der Waals surface area contributed by atoms with Crippen LogP contribution in [0.2, 0.25) is 0 Å². The summed E-state index contributed by atoms with van der Waals surface area (Å²) in [6.07, 6.45) is 3.85. The van der Waals surface area contributed by atoms with Gasteiger partial charge in [-0.2, -0.15) is 11.8 Å². The third-order valence-electron chi connectivity index (χ3n) is 1.77. The molecule has 0 fully saturated rings. The molecule has 0 aromatic rings. The van der Waals surface area contributed by atoms with Gasteiger partial charge in [-0.15, -0.1) is 0 Å². The summed E-state index contributed by atoms with van der Waals surface area (Å²) in [5.74, 6) is -0.801. The van der Waals surface area contributed by atoms with Crippen molar-refractivity contribution in [3.63, 3.8) is 0 Å². The van der Waals surface area contributed by atoms with Crippen LogP contribution < -0.4 is 10.6 Å². The molecular weight excluding hydrogens is 260 g/mol. The van der Waals surface area contributed by atoms with E-state index in [1.165, 1.54) is 0 Å². The number of ether oxygens (including phenoxy) is 1. The van der Waals surface area contributed by atoms with Crippen LogP contribution in [0.15, 0.2) is 0 Å². The summed E-state index contributed by atoms with van der Waals surface area (Å²) >= 11 is 1.74. The molecule has 0 radical (unpaired) electrons. The van der Waals surface area contributed by atoms with Crippen molar-refractivity contribution in [3.8, 4) is 0 Å². The Morgan fingerprint density at radius 1 is 1.22 bits per heavy atom. The van der Waals surface area contributed by atoms with Crippen LogP contribution in [-0.4, -0.2) is 54.8 Å². The Kier molecular flexibility index (Phi) is 10.1. The van der Waals surface area contributed by atoms with Crippen molar-refractivity contribution < 1.29 is 24.2 Å². The van der Waals surface area contributed by atoms with Crippen molar-refractivity contribution in [3.05, 3.63) is 0 Å². The standard InChI is InChI=1S/C10H18N2O5S/c1-18-5-3-2-4-11-10(16)12-8(13)6-17-7-9(14)15/h2-7H2,1H3,(H,14,15)(H2,11,12,13,16). The zero-order valence-corrected chi connectivity index (χ0v) is 11.0. The smallest absolute Gasteiger partial charge is 0.329 e. The number of thioether (sulfide) groups is 1. The molecule has 0 spiro atoms. The average molecular weight is 278 g/mol. The van der Waals surface area contributed by atoms with E-state index in [0.717, 1.165) is 18.6 Å². The van der Waals surface area contributed by atoms with Crippen LogP contribution in [0.3, 0.4) is 0 Å². The number of rotatable bonds is 9. The molecular formula is C10H18N2O5S. The van der Waals surface area contributed by atoms with Gasteiger partial charge >= 0.3 is 12.0 Å². The van der Waals surface area contributed by atoms with Crippen molar-refractivity contribution in [2.45, 2.75) is 12.8 Å². The zero-order chi connectivity index (χ0) is 13.8. The van der Waals surface area contributed by atoms with Crippen LogP contribution in [0.4, 0.5) is 4.79 Å². The summed E-state index contributed by atoms with van der Waals surface area (Å²) in [6.45, 7) is -0.522. The number of carboxylic acid groups (broad SMARTS) is 1. The molecule has 7 nitrogen and oxygen atoms in total. The van der Waals surface area contributed by atoms with E-state index in [-0.39, 0.29) is 0 Å². The minimum atomic E-state index is -1.17. The van der Waals surface area contributed by atoms with Gasteiger partial charge in [0.25, 0.3) is 5.91 Å². The van der Waals surface area contributed by atoms with E-state index in [9.17, 15) is 14.4 Å². The van der Waals surface area contributed by atoms with Crippen LogP contribution >= 0.6 is 11.8 Å². The number of hydrogen-bond donors (Lipinski definition) is 3. The van der Waals surface area contributed by atoms with Gasteiger partial charge in [0.05, 0.1) is 0 Å². The highest BCUT2D eigenvalue weighted by Crippen LogP contribution is 1.97. The fraction of sp³-hybridized carbons (Fsp3) is 0.700. The maximum Gasteiger partial charge on any atom is 0.329 e. The predicted octanol–water partition coefficient (Wildman–Crippen LogP) is 0.0566. The predicted molar refractivity (Wildman–Crippen MR) is 67.6 cm³/mol. The zero-order valence-electron chi connectivity index (χ0n) is 10.2. The number of unbranched alkanes of at least 4 members (excludes halogenated alkanes) is 1. The van der Waals surface area contributed by atoms with Crippen LogP contribution in [0.25, 0.3) is 0 Å². The summed E-state index contributed by atoms with van der Waals surface area (Å²) < 4.78 is 4.52. The molecule has 0 saturated heterocycles. The lowest BCUT2D eigenvalue weighted by Gasteiger charge is -2.06. The van der Waals surface area contributed by atoms with Gasteiger partial charge in [0.15, 0.2) is 0 Å². The van der Waals surface area contributed by atoms with Gasteiger partial charge in [-0.1, -0.05) is 0 Å². The van der Waals surface area contributed by atoms with E-state index in [4.69, 9.17) is 5.11 Å². The monoisotopic (exact) mass is 278 g/mol. The van der Waals surface area contributed by atoms with Crippen LogP contribution in [0.5, 0.6) is 0 Å². The highest BCUT2D eigenvalue weighted by Gasteiger charge is 2.07. The van der Waals surface area contributed by atoms with Crippen molar-refractivity contribution >= 4 is 29.7 Å². The highest BCUT2D eigenvalue weighted by molar-refractivity contribution is 7.98. The molecule has 0 unspecified atom stereocenters. The molecule has 0 heterocycles. The molecule has 104 valence electrons. The number of urea groups is 1. The first-order chi connectivity index (χ1) is 8.56. The maximum absolute atomic E-state index is 11.2. The SMILES string of the molecule is CSCCCCNC(=O)NC(=O)COCC(=O)O. The molecule has 0 aromatic heterocycles. The molecule has 0 aromatic carbocycles. The molecule has 0 rings (SSSR count). The second-order valence-electron chi connectivity index (χ2n) is 3.39. The van der Waals surface area contributed by atoms with Gasteiger partial charge in [-0.25, -0.2) is 9.59 Å². The summed E-state index contributed by atoms with van der Waals surface area (Å²) in [6, 6.07) is -0.594. The van der Waals surface area contributed by atoms with Crippen molar-refractivity contribution in [2.24, 2.45) is 0 Å². The number of nitrogens with one attached hydrogen (secondary N) is 2. The van der Waals surface area contributed by atoms with E-state index in [0.29, 0.717) is 6.54 Å². The summed E-state index contributed by atoms with van der Waals surface area (Å²) in [5, 5.41) is 12.8. The van der Waals surface area contributed by atoms with E-state index >= 15 is 0 Å². The Morgan fingerprint density at radius 3 is 2.56 bits per heavy atom. The van der Waals surface area contributed by atoms with Gasteiger partial charge in [0.1, 0.15) is 13.2 Å². The molecule has 3 N–H and O–H groups in total. The largest absolute Gasteiger partial charge is 0.480 e. The van der Waals surface area contributed by atoms with E-state index in [1.807, 2.05) is 11.6 Å². The molecule has 0 bridgehead atoms. The quantitative estimate of drug-likeness (QED) is 0.515. The van der Waals surface area contributed by atoms with Gasteiger partial charge in [-0.05, 0) is 24.9 Å².